The lowest BCUT2D eigenvalue weighted by atomic mass is 10.2. The molecule has 0 atom stereocenters. The lowest BCUT2D eigenvalue weighted by Gasteiger charge is -1.99. The van der Waals surface area contributed by atoms with Crippen LogP contribution in [0, 0.1) is 10.1 Å². The number of hydrogen-bond donors (Lipinski definition) is 0. The Morgan fingerprint density at radius 3 is 2.62 bits per heavy atom. The van der Waals surface area contributed by atoms with E-state index in [2.05, 4.69) is 9.53 Å². The molecule has 0 saturated heterocycles. The average molecular weight is 221 g/mol. The second-order valence-electron chi connectivity index (χ2n) is 2.78. The van der Waals surface area contributed by atoms with Gasteiger partial charge in [-0.3, -0.25) is 10.1 Å². The number of ether oxygens (including phenoxy) is 1. The van der Waals surface area contributed by atoms with Gasteiger partial charge in [-0.2, -0.15) is 4.79 Å². The molecule has 0 aliphatic rings. The zero-order valence-electron chi connectivity index (χ0n) is 8.07. The standard InChI is InChI=1S/C9H7N3O4/c10-11-5-9(13)16-6-7-1-3-8(4-2-7)12(14)15/h1-5H,6H2. The predicted molar refractivity (Wildman–Crippen MR) is 52.6 cm³/mol. The van der Waals surface area contributed by atoms with Crippen LogP contribution in [0.4, 0.5) is 5.69 Å². The van der Waals surface area contributed by atoms with Crippen LogP contribution in [0.3, 0.4) is 0 Å². The Morgan fingerprint density at radius 2 is 2.12 bits per heavy atom. The van der Waals surface area contributed by atoms with Crippen molar-refractivity contribution in [2.24, 2.45) is 0 Å². The van der Waals surface area contributed by atoms with Crippen LogP contribution >= 0.6 is 0 Å². The summed E-state index contributed by atoms with van der Waals surface area (Å²) in [5, 5.41) is 10.3. The van der Waals surface area contributed by atoms with Gasteiger partial charge in [0.1, 0.15) is 6.61 Å². The maximum atomic E-state index is 10.8. The summed E-state index contributed by atoms with van der Waals surface area (Å²) in [5.74, 6) is -0.791. The van der Waals surface area contributed by atoms with E-state index in [-0.39, 0.29) is 12.3 Å². The zero-order chi connectivity index (χ0) is 12.0. The molecule has 7 nitrogen and oxygen atoms in total. The van der Waals surface area contributed by atoms with Gasteiger partial charge in [0.05, 0.1) is 4.92 Å². The summed E-state index contributed by atoms with van der Waals surface area (Å²) in [7, 11) is 0. The number of non-ortho nitro benzene ring substituents is 1. The lowest BCUT2D eigenvalue weighted by molar-refractivity contribution is -0.384. The van der Waals surface area contributed by atoms with Gasteiger partial charge in [0.2, 0.25) is 0 Å². The molecule has 1 aromatic rings. The second-order valence-corrected chi connectivity index (χ2v) is 2.78. The van der Waals surface area contributed by atoms with Crippen molar-refractivity contribution in [1.29, 1.82) is 0 Å². The van der Waals surface area contributed by atoms with Crippen LogP contribution in [0.25, 0.3) is 5.53 Å². The van der Waals surface area contributed by atoms with Crippen molar-refractivity contribution in [1.82, 2.24) is 0 Å². The number of nitro groups is 1. The molecule has 0 bridgehead atoms. The van der Waals surface area contributed by atoms with E-state index >= 15 is 0 Å². The summed E-state index contributed by atoms with van der Waals surface area (Å²) in [6, 6.07) is 5.57. The van der Waals surface area contributed by atoms with Gasteiger partial charge < -0.3 is 10.3 Å². The van der Waals surface area contributed by atoms with E-state index in [0.717, 1.165) is 0 Å². The highest BCUT2D eigenvalue weighted by atomic mass is 16.6. The van der Waals surface area contributed by atoms with Crippen LogP contribution in [0.5, 0.6) is 0 Å². The number of hydrogen-bond acceptors (Lipinski definition) is 4. The molecule has 82 valence electrons. The fourth-order valence-corrected chi connectivity index (χ4v) is 0.953. The normalized spacial score (nSPS) is 9.00. The van der Waals surface area contributed by atoms with Gasteiger partial charge in [0.15, 0.2) is 0 Å². The van der Waals surface area contributed by atoms with Crippen LogP contribution in [-0.2, 0) is 16.1 Å². The first-order chi connectivity index (χ1) is 7.63. The topological polar surface area (TPSA) is 106 Å². The van der Waals surface area contributed by atoms with Crippen molar-refractivity contribution in [3.63, 3.8) is 0 Å². The minimum Gasteiger partial charge on any atom is -0.452 e. The summed E-state index contributed by atoms with van der Waals surface area (Å²) in [5.41, 5.74) is 8.59. The molecule has 16 heavy (non-hydrogen) atoms. The van der Waals surface area contributed by atoms with Crippen molar-refractivity contribution in [2.75, 3.05) is 0 Å². The summed E-state index contributed by atoms with van der Waals surface area (Å²) >= 11 is 0. The maximum absolute atomic E-state index is 10.8. The fourth-order valence-electron chi connectivity index (χ4n) is 0.953. The first-order valence-electron chi connectivity index (χ1n) is 4.21. The van der Waals surface area contributed by atoms with E-state index in [1.54, 1.807) is 0 Å². The molecule has 1 rings (SSSR count). The van der Waals surface area contributed by atoms with Gasteiger partial charge in [0.25, 0.3) is 5.69 Å². The number of esters is 1. The van der Waals surface area contributed by atoms with Gasteiger partial charge in [-0.25, -0.2) is 4.79 Å². The van der Waals surface area contributed by atoms with Gasteiger partial charge >= 0.3 is 12.2 Å². The number of carbonyl (C=O) groups is 1. The van der Waals surface area contributed by atoms with Gasteiger partial charge in [-0.1, -0.05) is 0 Å². The first kappa shape index (κ1) is 11.5. The average Bonchev–Trinajstić information content (AvgIpc) is 2.27. The quantitative estimate of drug-likeness (QED) is 0.188. The summed E-state index contributed by atoms with van der Waals surface area (Å²) in [6.45, 7) is -0.0388. The minimum atomic E-state index is -0.791. The Bertz CT molecular complexity index is 448. The third kappa shape index (κ3) is 3.32. The molecule has 0 spiro atoms. The molecule has 0 radical (unpaired) electrons. The monoisotopic (exact) mass is 221 g/mol. The molecule has 0 unspecified atom stereocenters. The number of nitro benzene ring substituents is 1. The van der Waals surface area contributed by atoms with Crippen molar-refractivity contribution in [3.8, 4) is 0 Å². The third-order valence-electron chi connectivity index (χ3n) is 1.69. The number of nitrogens with zero attached hydrogens (tertiary/aromatic N) is 3. The second kappa shape index (κ2) is 5.38. The molecule has 0 amide bonds. The summed E-state index contributed by atoms with van der Waals surface area (Å²) < 4.78 is 4.65. The molecule has 1 aromatic carbocycles. The largest absolute Gasteiger partial charge is 0.452 e. The molecule has 7 heteroatoms. The Morgan fingerprint density at radius 1 is 1.50 bits per heavy atom. The smallest absolute Gasteiger partial charge is 0.413 e. The molecule has 0 aliphatic carbocycles. The maximum Gasteiger partial charge on any atom is 0.413 e. The lowest BCUT2D eigenvalue weighted by Crippen LogP contribution is -2.05. The zero-order valence-corrected chi connectivity index (χ0v) is 8.07. The Kier molecular flexibility index (Phi) is 3.88. The van der Waals surface area contributed by atoms with E-state index in [4.69, 9.17) is 5.53 Å². The first-order valence-corrected chi connectivity index (χ1v) is 4.21. The van der Waals surface area contributed by atoms with Crippen molar-refractivity contribution >= 4 is 17.9 Å². The Labute approximate surface area is 90.0 Å². The van der Waals surface area contributed by atoms with E-state index in [1.807, 2.05) is 0 Å². The fraction of sp³-hybridized carbons (Fsp3) is 0.111. The van der Waals surface area contributed by atoms with Gasteiger partial charge in [-0.15, -0.1) is 0 Å². The van der Waals surface area contributed by atoms with Crippen LogP contribution < -0.4 is 0 Å². The minimum absolute atomic E-state index is 0.0352. The van der Waals surface area contributed by atoms with Crippen molar-refractivity contribution in [2.45, 2.75) is 6.61 Å². The highest BCUT2D eigenvalue weighted by molar-refractivity contribution is 6.20. The predicted octanol–water partition coefficient (Wildman–Crippen LogP) is 0.939. The molecule has 0 saturated carbocycles. The SMILES string of the molecule is [N-]=[N+]=CC(=O)OCc1ccc([N+](=O)[O-])cc1. The van der Waals surface area contributed by atoms with E-state index < -0.39 is 10.9 Å². The molecular formula is C9H7N3O4. The molecule has 0 N–H and O–H groups in total. The van der Waals surface area contributed by atoms with E-state index in [9.17, 15) is 14.9 Å². The van der Waals surface area contributed by atoms with E-state index in [0.29, 0.717) is 11.8 Å². The molecule has 0 aromatic heterocycles. The van der Waals surface area contributed by atoms with Gasteiger partial charge in [0, 0.05) is 12.1 Å². The molecular weight excluding hydrogens is 214 g/mol. The Hall–Kier alpha value is -2.53. The molecule has 0 aliphatic heterocycles. The van der Waals surface area contributed by atoms with Crippen molar-refractivity contribution < 1.29 is 19.2 Å². The number of benzene rings is 1. The molecule has 0 fully saturated rings. The highest BCUT2D eigenvalue weighted by Gasteiger charge is 2.06. The Balaban J connectivity index is 2.59. The highest BCUT2D eigenvalue weighted by Crippen LogP contribution is 2.12. The van der Waals surface area contributed by atoms with E-state index in [1.165, 1.54) is 24.3 Å². The van der Waals surface area contributed by atoms with Crippen LogP contribution in [0.2, 0.25) is 0 Å². The van der Waals surface area contributed by atoms with Crippen LogP contribution in [-0.4, -0.2) is 21.9 Å². The summed E-state index contributed by atoms with van der Waals surface area (Å²) in [4.78, 5) is 23.1. The summed E-state index contributed by atoms with van der Waals surface area (Å²) in [6.07, 6.45) is 0.616. The number of carbonyl (C=O) groups excluding carboxylic acids is 1. The molecule has 0 heterocycles. The third-order valence-corrected chi connectivity index (χ3v) is 1.69. The van der Waals surface area contributed by atoms with Gasteiger partial charge in [-0.05, 0) is 17.7 Å². The van der Waals surface area contributed by atoms with Crippen LogP contribution in [0.1, 0.15) is 5.56 Å². The van der Waals surface area contributed by atoms with Crippen LogP contribution in [0.15, 0.2) is 24.3 Å². The van der Waals surface area contributed by atoms with Crippen molar-refractivity contribution in [3.05, 3.63) is 45.5 Å². The number of rotatable bonds is 4.